The van der Waals surface area contributed by atoms with E-state index in [1.54, 1.807) is 0 Å². The molecule has 1 aromatic heterocycles. The molecule has 1 amide bonds. The Balaban J connectivity index is 1.72. The number of amides is 1. The van der Waals surface area contributed by atoms with Crippen molar-refractivity contribution in [1.29, 1.82) is 0 Å². The summed E-state index contributed by atoms with van der Waals surface area (Å²) in [7, 11) is 0. The summed E-state index contributed by atoms with van der Waals surface area (Å²) in [5, 5.41) is 0. The molecule has 20 heavy (non-hydrogen) atoms. The van der Waals surface area contributed by atoms with E-state index < -0.39 is 0 Å². The summed E-state index contributed by atoms with van der Waals surface area (Å²) in [6.07, 6.45) is 1.40. The van der Waals surface area contributed by atoms with Gasteiger partial charge in [0.05, 0.1) is 11.0 Å². The second-order valence-corrected chi connectivity index (χ2v) is 6.14. The van der Waals surface area contributed by atoms with E-state index in [2.05, 4.69) is 40.0 Å². The first kappa shape index (κ1) is 13.4. The van der Waals surface area contributed by atoms with Crippen LogP contribution in [0.4, 0.5) is 0 Å². The third kappa shape index (κ3) is 2.66. The fourth-order valence-corrected chi connectivity index (χ4v) is 3.21. The van der Waals surface area contributed by atoms with E-state index in [-0.39, 0.29) is 5.91 Å². The monoisotopic (exact) mass is 332 g/mol. The molecule has 0 saturated heterocycles. The van der Waals surface area contributed by atoms with Gasteiger partial charge < -0.3 is 9.88 Å². The quantitative estimate of drug-likeness (QED) is 0.900. The molecule has 0 fully saturated rings. The zero-order valence-electron chi connectivity index (χ0n) is 11.4. The lowest BCUT2D eigenvalue weighted by molar-refractivity contribution is -0.131. The molecular formula is C16H17BrN2O. The fourth-order valence-electron chi connectivity index (χ4n) is 2.69. The standard InChI is InChI=1S/C16H17BrN2O/c1-11-4-2-3-5-12(11)9-16(20)19-7-6-14-13(10-19)8-15(17)18-14/h2-5,8,18H,6-7,9-10H2,1H3. The number of nitrogens with zero attached hydrogens (tertiary/aromatic N) is 1. The number of hydrogen-bond acceptors (Lipinski definition) is 1. The normalized spacial score (nSPS) is 14.2. The third-order valence-corrected chi connectivity index (χ3v) is 4.33. The van der Waals surface area contributed by atoms with E-state index in [1.807, 2.05) is 23.1 Å². The van der Waals surface area contributed by atoms with Gasteiger partial charge in [-0.3, -0.25) is 4.79 Å². The summed E-state index contributed by atoms with van der Waals surface area (Å²) in [6.45, 7) is 3.56. The van der Waals surface area contributed by atoms with Gasteiger partial charge in [0.15, 0.2) is 0 Å². The Bertz CT molecular complexity index is 648. The molecule has 0 bridgehead atoms. The number of aromatic nitrogens is 1. The first-order chi connectivity index (χ1) is 9.63. The zero-order chi connectivity index (χ0) is 14.1. The molecule has 0 spiro atoms. The first-order valence-corrected chi connectivity index (χ1v) is 7.61. The fraction of sp³-hybridized carbons (Fsp3) is 0.312. The predicted molar refractivity (Wildman–Crippen MR) is 82.5 cm³/mol. The zero-order valence-corrected chi connectivity index (χ0v) is 13.0. The van der Waals surface area contributed by atoms with E-state index in [1.165, 1.54) is 16.8 Å². The van der Waals surface area contributed by atoms with Gasteiger partial charge in [0.2, 0.25) is 5.91 Å². The molecular weight excluding hydrogens is 316 g/mol. The van der Waals surface area contributed by atoms with Gasteiger partial charge in [-0.05, 0) is 45.6 Å². The molecule has 4 heteroatoms. The maximum atomic E-state index is 12.4. The van der Waals surface area contributed by atoms with Crippen LogP contribution in [-0.4, -0.2) is 22.3 Å². The number of benzene rings is 1. The predicted octanol–water partition coefficient (Wildman–Crippen LogP) is 3.21. The number of carbonyl (C=O) groups excluding carboxylic acids is 1. The van der Waals surface area contributed by atoms with E-state index in [0.717, 1.165) is 23.1 Å². The minimum atomic E-state index is 0.210. The van der Waals surface area contributed by atoms with Crippen LogP contribution < -0.4 is 0 Å². The van der Waals surface area contributed by atoms with Gasteiger partial charge in [-0.1, -0.05) is 24.3 Å². The molecule has 0 unspecified atom stereocenters. The van der Waals surface area contributed by atoms with Crippen molar-refractivity contribution in [1.82, 2.24) is 9.88 Å². The van der Waals surface area contributed by atoms with Crippen molar-refractivity contribution in [2.45, 2.75) is 26.3 Å². The van der Waals surface area contributed by atoms with Crippen molar-refractivity contribution in [3.8, 4) is 0 Å². The Morgan fingerprint density at radius 1 is 1.40 bits per heavy atom. The molecule has 104 valence electrons. The minimum absolute atomic E-state index is 0.210. The van der Waals surface area contributed by atoms with E-state index in [0.29, 0.717) is 13.0 Å². The Morgan fingerprint density at radius 2 is 2.20 bits per heavy atom. The Labute approximate surface area is 127 Å². The van der Waals surface area contributed by atoms with Crippen molar-refractivity contribution in [2.75, 3.05) is 6.54 Å². The molecule has 0 aliphatic carbocycles. The van der Waals surface area contributed by atoms with Crippen molar-refractivity contribution in [2.24, 2.45) is 0 Å². The van der Waals surface area contributed by atoms with Gasteiger partial charge in [-0.25, -0.2) is 0 Å². The number of aromatic amines is 1. The van der Waals surface area contributed by atoms with Crippen LogP contribution in [0.5, 0.6) is 0 Å². The van der Waals surface area contributed by atoms with Gasteiger partial charge in [-0.2, -0.15) is 0 Å². The summed E-state index contributed by atoms with van der Waals surface area (Å²) in [5.74, 6) is 0.210. The van der Waals surface area contributed by atoms with Crippen LogP contribution in [0.3, 0.4) is 0 Å². The SMILES string of the molecule is Cc1ccccc1CC(=O)N1CCc2[nH]c(Br)cc2C1. The average molecular weight is 333 g/mol. The molecule has 3 nitrogen and oxygen atoms in total. The van der Waals surface area contributed by atoms with Crippen LogP contribution in [0, 0.1) is 6.92 Å². The lowest BCUT2D eigenvalue weighted by Gasteiger charge is -2.27. The van der Waals surface area contributed by atoms with Crippen LogP contribution in [0.25, 0.3) is 0 Å². The van der Waals surface area contributed by atoms with Crippen LogP contribution >= 0.6 is 15.9 Å². The molecule has 1 aliphatic heterocycles. The topological polar surface area (TPSA) is 36.1 Å². The highest BCUT2D eigenvalue weighted by Crippen LogP contribution is 2.23. The lowest BCUT2D eigenvalue weighted by atomic mass is 10.0. The van der Waals surface area contributed by atoms with Crippen LogP contribution in [0.15, 0.2) is 34.9 Å². The maximum absolute atomic E-state index is 12.4. The number of H-pyrrole nitrogens is 1. The van der Waals surface area contributed by atoms with Crippen molar-refractivity contribution >= 4 is 21.8 Å². The average Bonchev–Trinajstić information content (AvgIpc) is 2.80. The largest absolute Gasteiger partial charge is 0.353 e. The molecule has 0 radical (unpaired) electrons. The summed E-state index contributed by atoms with van der Waals surface area (Å²) in [5.41, 5.74) is 4.78. The highest BCUT2D eigenvalue weighted by molar-refractivity contribution is 9.10. The molecule has 1 aliphatic rings. The Kier molecular flexibility index (Phi) is 3.66. The van der Waals surface area contributed by atoms with Gasteiger partial charge in [0, 0.05) is 25.2 Å². The second-order valence-electron chi connectivity index (χ2n) is 5.29. The number of halogens is 1. The van der Waals surface area contributed by atoms with Gasteiger partial charge in [-0.15, -0.1) is 0 Å². The highest BCUT2D eigenvalue weighted by atomic mass is 79.9. The van der Waals surface area contributed by atoms with Gasteiger partial charge in [0.25, 0.3) is 0 Å². The second kappa shape index (κ2) is 5.44. The van der Waals surface area contributed by atoms with Crippen LogP contribution in [0.2, 0.25) is 0 Å². The summed E-state index contributed by atoms with van der Waals surface area (Å²) >= 11 is 3.45. The minimum Gasteiger partial charge on any atom is -0.353 e. The Hall–Kier alpha value is -1.55. The van der Waals surface area contributed by atoms with E-state index in [9.17, 15) is 4.79 Å². The number of nitrogens with one attached hydrogen (secondary N) is 1. The number of rotatable bonds is 2. The number of aryl methyl sites for hydroxylation is 1. The highest BCUT2D eigenvalue weighted by Gasteiger charge is 2.22. The van der Waals surface area contributed by atoms with E-state index >= 15 is 0 Å². The first-order valence-electron chi connectivity index (χ1n) is 6.82. The molecule has 0 saturated carbocycles. The molecule has 3 rings (SSSR count). The van der Waals surface area contributed by atoms with E-state index in [4.69, 9.17) is 0 Å². The molecule has 2 heterocycles. The van der Waals surface area contributed by atoms with Crippen LogP contribution in [-0.2, 0) is 24.2 Å². The van der Waals surface area contributed by atoms with Gasteiger partial charge >= 0.3 is 0 Å². The van der Waals surface area contributed by atoms with Crippen molar-refractivity contribution < 1.29 is 4.79 Å². The lowest BCUT2D eigenvalue weighted by Crippen LogP contribution is -2.36. The third-order valence-electron chi connectivity index (χ3n) is 3.91. The van der Waals surface area contributed by atoms with Gasteiger partial charge in [0.1, 0.15) is 0 Å². The maximum Gasteiger partial charge on any atom is 0.227 e. The Morgan fingerprint density at radius 3 is 3.00 bits per heavy atom. The molecule has 2 aromatic rings. The number of carbonyl (C=O) groups is 1. The number of fused-ring (bicyclic) bond motifs is 1. The molecule has 0 atom stereocenters. The van der Waals surface area contributed by atoms with Crippen molar-refractivity contribution in [3.63, 3.8) is 0 Å². The smallest absolute Gasteiger partial charge is 0.227 e. The number of hydrogen-bond donors (Lipinski definition) is 1. The summed E-state index contributed by atoms with van der Waals surface area (Å²) < 4.78 is 0.996. The van der Waals surface area contributed by atoms with Crippen LogP contribution in [0.1, 0.15) is 22.4 Å². The molecule has 1 N–H and O–H groups in total. The molecule has 1 aromatic carbocycles. The van der Waals surface area contributed by atoms with Crippen molar-refractivity contribution in [3.05, 3.63) is 57.3 Å². The summed E-state index contributed by atoms with van der Waals surface area (Å²) in [6, 6.07) is 10.2. The summed E-state index contributed by atoms with van der Waals surface area (Å²) in [4.78, 5) is 17.7.